The lowest BCUT2D eigenvalue weighted by molar-refractivity contribution is 0.0971. The third-order valence-corrected chi connectivity index (χ3v) is 5.57. The largest absolute Gasteiger partial charge is 0.508 e. The van der Waals surface area contributed by atoms with Crippen molar-refractivity contribution in [1.29, 1.82) is 0 Å². The van der Waals surface area contributed by atoms with Gasteiger partial charge in [-0.1, -0.05) is 46.3 Å². The number of amides is 1. The number of rotatable bonds is 2. The third-order valence-electron chi connectivity index (χ3n) is 5.07. The fourth-order valence-corrected chi connectivity index (χ4v) is 4.17. The van der Waals surface area contributed by atoms with Crippen LogP contribution in [0.4, 0.5) is 5.69 Å². The molecule has 2 heterocycles. The van der Waals surface area contributed by atoms with Crippen molar-refractivity contribution in [2.45, 2.75) is 6.04 Å². The molecule has 1 aliphatic rings. The lowest BCUT2D eigenvalue weighted by Crippen LogP contribution is -2.29. The summed E-state index contributed by atoms with van der Waals surface area (Å²) in [4.78, 5) is 28.3. The summed E-state index contributed by atoms with van der Waals surface area (Å²) in [5, 5.41) is 10.1. The normalized spacial score (nSPS) is 15.7. The van der Waals surface area contributed by atoms with Gasteiger partial charge in [-0.3, -0.25) is 14.5 Å². The van der Waals surface area contributed by atoms with Gasteiger partial charge < -0.3 is 9.52 Å². The van der Waals surface area contributed by atoms with Gasteiger partial charge in [-0.2, -0.15) is 0 Å². The number of para-hydroxylation sites is 1. The highest BCUT2D eigenvalue weighted by molar-refractivity contribution is 9.10. The smallest absolute Gasteiger partial charge is 0.295 e. The topological polar surface area (TPSA) is 70.8 Å². The second-order valence-electron chi connectivity index (χ2n) is 6.82. The van der Waals surface area contributed by atoms with Gasteiger partial charge in [-0.05, 0) is 48.0 Å². The lowest BCUT2D eigenvalue weighted by Gasteiger charge is -2.25. The molecule has 4 aromatic rings. The first-order chi connectivity index (χ1) is 14.0. The quantitative estimate of drug-likeness (QED) is 0.468. The maximum absolute atomic E-state index is 13.4. The Labute approximate surface area is 174 Å². The van der Waals surface area contributed by atoms with Crippen molar-refractivity contribution in [3.8, 4) is 5.75 Å². The Morgan fingerprint density at radius 3 is 2.45 bits per heavy atom. The summed E-state index contributed by atoms with van der Waals surface area (Å²) in [7, 11) is 0. The minimum absolute atomic E-state index is 0.0479. The van der Waals surface area contributed by atoms with E-state index in [1.807, 2.05) is 24.3 Å². The van der Waals surface area contributed by atoms with Gasteiger partial charge in [-0.25, -0.2) is 0 Å². The molecule has 0 saturated heterocycles. The van der Waals surface area contributed by atoms with Crippen LogP contribution in [0.1, 0.15) is 27.7 Å². The highest BCUT2D eigenvalue weighted by atomic mass is 79.9. The van der Waals surface area contributed by atoms with Gasteiger partial charge in [0.25, 0.3) is 5.91 Å². The van der Waals surface area contributed by atoms with Crippen LogP contribution in [0.3, 0.4) is 0 Å². The Morgan fingerprint density at radius 2 is 1.69 bits per heavy atom. The molecule has 29 heavy (non-hydrogen) atoms. The average molecular weight is 448 g/mol. The van der Waals surface area contributed by atoms with Crippen molar-refractivity contribution in [3.63, 3.8) is 0 Å². The van der Waals surface area contributed by atoms with Crippen molar-refractivity contribution in [2.75, 3.05) is 4.90 Å². The molecular weight excluding hydrogens is 434 g/mol. The Bertz CT molecular complexity index is 1330. The van der Waals surface area contributed by atoms with E-state index < -0.39 is 6.04 Å². The van der Waals surface area contributed by atoms with E-state index in [9.17, 15) is 14.7 Å². The summed E-state index contributed by atoms with van der Waals surface area (Å²) < 4.78 is 6.72. The average Bonchev–Trinajstić information content (AvgIpc) is 3.02. The first-order valence-electron chi connectivity index (χ1n) is 8.98. The van der Waals surface area contributed by atoms with Gasteiger partial charge in [0, 0.05) is 10.2 Å². The Kier molecular flexibility index (Phi) is 4.03. The summed E-state index contributed by atoms with van der Waals surface area (Å²) in [6.45, 7) is 0. The van der Waals surface area contributed by atoms with E-state index in [4.69, 9.17) is 4.42 Å². The van der Waals surface area contributed by atoms with Gasteiger partial charge in [-0.15, -0.1) is 0 Å². The van der Waals surface area contributed by atoms with Gasteiger partial charge >= 0.3 is 0 Å². The molecule has 3 aromatic carbocycles. The fraction of sp³-hybridized carbons (Fsp3) is 0.0435. The van der Waals surface area contributed by atoms with E-state index in [0.717, 1.165) is 4.47 Å². The zero-order chi connectivity index (χ0) is 20.1. The summed E-state index contributed by atoms with van der Waals surface area (Å²) in [6.07, 6.45) is 0. The number of hydrogen-bond donors (Lipinski definition) is 1. The van der Waals surface area contributed by atoms with E-state index in [1.54, 1.807) is 53.4 Å². The van der Waals surface area contributed by atoms with Gasteiger partial charge in [0.1, 0.15) is 11.3 Å². The molecule has 0 saturated carbocycles. The van der Waals surface area contributed by atoms with E-state index in [-0.39, 0.29) is 22.8 Å². The van der Waals surface area contributed by atoms with Crippen LogP contribution in [0.5, 0.6) is 5.75 Å². The highest BCUT2D eigenvalue weighted by Crippen LogP contribution is 2.41. The Hall–Kier alpha value is -3.38. The summed E-state index contributed by atoms with van der Waals surface area (Å²) in [6, 6.07) is 20.1. The maximum atomic E-state index is 13.4. The lowest BCUT2D eigenvalue weighted by atomic mass is 9.98. The molecule has 1 atom stereocenters. The number of benzene rings is 3. The van der Waals surface area contributed by atoms with Crippen LogP contribution in [0, 0.1) is 0 Å². The number of carbonyl (C=O) groups excluding carboxylic acids is 1. The highest BCUT2D eigenvalue weighted by Gasteiger charge is 2.43. The van der Waals surface area contributed by atoms with E-state index >= 15 is 0 Å². The van der Waals surface area contributed by atoms with Crippen molar-refractivity contribution in [2.24, 2.45) is 0 Å². The molecule has 0 aliphatic carbocycles. The first kappa shape index (κ1) is 17.7. The molecular formula is C23H14BrNO4. The molecule has 6 heteroatoms. The number of fused-ring (bicyclic) bond motifs is 2. The standard InChI is InChI=1S/C23H14BrNO4/c24-14-4-3-5-15(12-14)25-20(13-8-10-16(26)11-9-13)19-21(27)17-6-1-2-7-18(17)29-22(19)23(25)28/h1-12,20,26H. The molecule has 0 spiro atoms. The van der Waals surface area contributed by atoms with Crippen LogP contribution < -0.4 is 10.3 Å². The Balaban J connectivity index is 1.82. The van der Waals surface area contributed by atoms with Crippen LogP contribution in [-0.4, -0.2) is 11.0 Å². The molecule has 1 aliphatic heterocycles. The monoisotopic (exact) mass is 447 g/mol. The second kappa shape index (κ2) is 6.60. The third kappa shape index (κ3) is 2.76. The summed E-state index contributed by atoms with van der Waals surface area (Å²) >= 11 is 3.44. The zero-order valence-electron chi connectivity index (χ0n) is 15.0. The molecule has 0 bridgehead atoms. The molecule has 5 rings (SSSR count). The minimum atomic E-state index is -0.659. The predicted octanol–water partition coefficient (Wildman–Crippen LogP) is 5.01. The van der Waals surface area contributed by atoms with Gasteiger partial charge in [0.05, 0.1) is 17.0 Å². The number of phenolic OH excluding ortho intramolecular Hbond substituents is 1. The maximum Gasteiger partial charge on any atom is 0.295 e. The first-order valence-corrected chi connectivity index (χ1v) is 9.77. The molecule has 0 radical (unpaired) electrons. The molecule has 142 valence electrons. The number of anilines is 1. The van der Waals surface area contributed by atoms with Crippen LogP contribution in [0.25, 0.3) is 11.0 Å². The molecule has 1 aromatic heterocycles. The van der Waals surface area contributed by atoms with Crippen molar-refractivity contribution in [1.82, 2.24) is 0 Å². The summed E-state index contributed by atoms with van der Waals surface area (Å²) in [5.74, 6) is -0.219. The number of nitrogens with zero attached hydrogens (tertiary/aromatic N) is 1. The van der Waals surface area contributed by atoms with Gasteiger partial charge in [0.15, 0.2) is 5.43 Å². The number of aromatic hydroxyl groups is 1. The molecule has 5 nitrogen and oxygen atoms in total. The fourth-order valence-electron chi connectivity index (χ4n) is 3.78. The molecule has 1 amide bonds. The van der Waals surface area contributed by atoms with Crippen LogP contribution >= 0.6 is 15.9 Å². The van der Waals surface area contributed by atoms with Crippen molar-refractivity contribution < 1.29 is 14.3 Å². The molecule has 1 unspecified atom stereocenters. The number of carbonyl (C=O) groups is 1. The minimum Gasteiger partial charge on any atom is -0.508 e. The van der Waals surface area contributed by atoms with Crippen molar-refractivity contribution >= 4 is 38.5 Å². The van der Waals surface area contributed by atoms with E-state index in [2.05, 4.69) is 15.9 Å². The number of hydrogen-bond acceptors (Lipinski definition) is 4. The van der Waals surface area contributed by atoms with Gasteiger partial charge in [0.2, 0.25) is 5.76 Å². The van der Waals surface area contributed by atoms with Crippen molar-refractivity contribution in [3.05, 3.63) is 104 Å². The summed E-state index contributed by atoms with van der Waals surface area (Å²) in [5.41, 5.74) is 1.80. The second-order valence-corrected chi connectivity index (χ2v) is 7.73. The van der Waals surface area contributed by atoms with E-state index in [0.29, 0.717) is 27.8 Å². The van der Waals surface area contributed by atoms with Crippen LogP contribution in [0.15, 0.2) is 86.5 Å². The molecule has 0 fully saturated rings. The zero-order valence-corrected chi connectivity index (χ0v) is 16.6. The SMILES string of the molecule is O=C1c2oc3ccccc3c(=O)c2C(c2ccc(O)cc2)N1c1cccc(Br)c1. The van der Waals surface area contributed by atoms with Crippen LogP contribution in [-0.2, 0) is 0 Å². The van der Waals surface area contributed by atoms with E-state index in [1.165, 1.54) is 0 Å². The Morgan fingerprint density at radius 1 is 0.931 bits per heavy atom. The number of phenols is 1. The van der Waals surface area contributed by atoms with Crippen LogP contribution in [0.2, 0.25) is 0 Å². The number of halogens is 1. The molecule has 1 N–H and O–H groups in total. The predicted molar refractivity (Wildman–Crippen MR) is 113 cm³/mol.